The maximum Gasteiger partial charge on any atom is 0.307 e. The molecule has 0 aliphatic rings. The number of nitrogens with zero attached hydrogens (tertiary/aromatic N) is 1. The number of hydrogen-bond donors (Lipinski definition) is 1. The van der Waals surface area contributed by atoms with Gasteiger partial charge in [-0.1, -0.05) is 52.2 Å². The highest BCUT2D eigenvalue weighted by Gasteiger charge is 2.13. The zero-order valence-corrected chi connectivity index (χ0v) is 16.8. The van der Waals surface area contributed by atoms with Gasteiger partial charge in [-0.15, -0.1) is 6.42 Å². The van der Waals surface area contributed by atoms with Crippen LogP contribution < -0.4 is 10.2 Å². The molecule has 5 nitrogen and oxygen atoms in total. The molecule has 0 saturated heterocycles. The van der Waals surface area contributed by atoms with Gasteiger partial charge >= 0.3 is 5.91 Å². The molecule has 1 N–H and O–H groups in total. The first-order chi connectivity index (χ1) is 14.2. The van der Waals surface area contributed by atoms with E-state index in [-0.39, 0.29) is 12.4 Å². The average Bonchev–Trinajstić information content (AvgIpc) is 3.18. The molecule has 29 heavy (non-hydrogen) atoms. The number of rotatable bonds is 5. The van der Waals surface area contributed by atoms with Crippen LogP contribution in [0.2, 0.25) is 0 Å². The van der Waals surface area contributed by atoms with Crippen molar-refractivity contribution in [3.05, 3.63) is 76.5 Å². The van der Waals surface area contributed by atoms with Crippen molar-refractivity contribution < 1.29 is 13.9 Å². The van der Waals surface area contributed by atoms with Crippen molar-refractivity contribution in [2.75, 3.05) is 6.61 Å². The van der Waals surface area contributed by atoms with Gasteiger partial charge < -0.3 is 9.15 Å². The number of carbonyl (C=O) groups excluding carboxylic acids is 1. The van der Waals surface area contributed by atoms with E-state index in [0.717, 1.165) is 20.6 Å². The molecular weight excluding hydrogens is 432 g/mol. The summed E-state index contributed by atoms with van der Waals surface area (Å²) in [7, 11) is 0. The van der Waals surface area contributed by atoms with Crippen molar-refractivity contribution in [1.82, 2.24) is 5.43 Å². The van der Waals surface area contributed by atoms with Crippen LogP contribution in [0.15, 0.2) is 74.7 Å². The number of carbonyl (C=O) groups is 1. The van der Waals surface area contributed by atoms with Gasteiger partial charge in [0.1, 0.15) is 17.9 Å². The molecule has 3 aromatic carbocycles. The number of nitrogens with one attached hydrogen (secondary N) is 1. The van der Waals surface area contributed by atoms with Gasteiger partial charge in [0, 0.05) is 15.4 Å². The molecule has 0 unspecified atom stereocenters. The largest absolute Gasteiger partial charge is 0.480 e. The molecule has 0 aliphatic carbocycles. The summed E-state index contributed by atoms with van der Waals surface area (Å²) < 4.78 is 12.0. The van der Waals surface area contributed by atoms with E-state index >= 15 is 0 Å². The van der Waals surface area contributed by atoms with E-state index in [1.165, 1.54) is 6.21 Å². The third kappa shape index (κ3) is 4.00. The van der Waals surface area contributed by atoms with Crippen molar-refractivity contribution in [2.24, 2.45) is 5.10 Å². The van der Waals surface area contributed by atoms with E-state index in [2.05, 4.69) is 32.4 Å². The van der Waals surface area contributed by atoms with E-state index in [4.69, 9.17) is 15.6 Å². The lowest BCUT2D eigenvalue weighted by atomic mass is 10.1. The highest BCUT2D eigenvalue weighted by Crippen LogP contribution is 2.28. The number of hydrogen-bond acceptors (Lipinski definition) is 4. The third-order valence-electron chi connectivity index (χ3n) is 4.30. The fraction of sp³-hybridized carbons (Fsp3) is 0.0435. The second-order valence-corrected chi connectivity index (χ2v) is 7.10. The Kier molecular flexibility index (Phi) is 5.32. The second-order valence-electron chi connectivity index (χ2n) is 6.18. The van der Waals surface area contributed by atoms with Crippen molar-refractivity contribution in [2.45, 2.75) is 0 Å². The summed E-state index contributed by atoms with van der Waals surface area (Å²) in [4.78, 5) is 12.5. The number of halogens is 1. The first-order valence-corrected chi connectivity index (χ1v) is 9.55. The Hall–Kier alpha value is -3.56. The van der Waals surface area contributed by atoms with Gasteiger partial charge in [0.25, 0.3) is 0 Å². The monoisotopic (exact) mass is 446 g/mol. The molecule has 0 fully saturated rings. The van der Waals surface area contributed by atoms with Gasteiger partial charge in [-0.25, -0.2) is 5.43 Å². The summed E-state index contributed by atoms with van der Waals surface area (Å²) in [5.74, 6) is 2.73. The van der Waals surface area contributed by atoms with Gasteiger partial charge in [0.2, 0.25) is 0 Å². The summed E-state index contributed by atoms with van der Waals surface area (Å²) in [5.41, 5.74) is 3.80. The number of benzene rings is 3. The molecule has 142 valence electrons. The highest BCUT2D eigenvalue weighted by molar-refractivity contribution is 9.10. The minimum absolute atomic E-state index is 0.141. The molecule has 0 bridgehead atoms. The van der Waals surface area contributed by atoms with Crippen LogP contribution in [0.25, 0.3) is 21.7 Å². The second kappa shape index (κ2) is 8.21. The van der Waals surface area contributed by atoms with Crippen LogP contribution in [0.4, 0.5) is 0 Å². The SMILES string of the molecule is C#CCOc1ccc(Br)cc1/C=N\NC(=O)c1cc2c(ccc3ccccc32)o1. The van der Waals surface area contributed by atoms with Crippen LogP contribution in [-0.4, -0.2) is 18.7 Å². The van der Waals surface area contributed by atoms with Crippen molar-refractivity contribution >= 4 is 49.8 Å². The van der Waals surface area contributed by atoms with E-state index in [1.54, 1.807) is 12.1 Å². The lowest BCUT2D eigenvalue weighted by Crippen LogP contribution is -2.16. The molecule has 0 radical (unpaired) electrons. The summed E-state index contributed by atoms with van der Waals surface area (Å²) in [6.07, 6.45) is 6.73. The van der Waals surface area contributed by atoms with Crippen LogP contribution in [0.1, 0.15) is 16.1 Å². The number of fused-ring (bicyclic) bond motifs is 3. The molecule has 4 aromatic rings. The van der Waals surface area contributed by atoms with Crippen LogP contribution in [0.3, 0.4) is 0 Å². The van der Waals surface area contributed by atoms with E-state index < -0.39 is 5.91 Å². The van der Waals surface area contributed by atoms with E-state index in [1.807, 2.05) is 48.5 Å². The average molecular weight is 447 g/mol. The predicted octanol–water partition coefficient (Wildman–Crippen LogP) is 5.12. The third-order valence-corrected chi connectivity index (χ3v) is 4.80. The van der Waals surface area contributed by atoms with Crippen LogP contribution in [0.5, 0.6) is 5.75 Å². The highest BCUT2D eigenvalue weighted by atomic mass is 79.9. The Labute approximate surface area is 175 Å². The van der Waals surface area contributed by atoms with Crippen molar-refractivity contribution in [3.63, 3.8) is 0 Å². The molecule has 0 spiro atoms. The molecule has 1 aromatic heterocycles. The minimum Gasteiger partial charge on any atom is -0.480 e. The number of hydrazone groups is 1. The Morgan fingerprint density at radius 1 is 1.17 bits per heavy atom. The summed E-state index contributed by atoms with van der Waals surface area (Å²) >= 11 is 3.40. The smallest absolute Gasteiger partial charge is 0.307 e. The summed E-state index contributed by atoms with van der Waals surface area (Å²) in [6, 6.07) is 18.9. The summed E-state index contributed by atoms with van der Waals surface area (Å²) in [6.45, 7) is 0.141. The lowest BCUT2D eigenvalue weighted by Gasteiger charge is -2.06. The van der Waals surface area contributed by atoms with E-state index in [9.17, 15) is 4.79 Å². The van der Waals surface area contributed by atoms with Gasteiger partial charge in [-0.3, -0.25) is 4.79 Å². The number of terminal acetylenes is 1. The standard InChI is InChI=1S/C23H15BrN2O3/c1-2-11-28-20-10-8-17(24)12-16(20)14-25-26-23(27)22-13-19-18-6-4-3-5-15(18)7-9-21(19)29-22/h1,3-10,12-14H,11H2,(H,26,27)/b25-14-. The van der Waals surface area contributed by atoms with Gasteiger partial charge in [0.05, 0.1) is 6.21 Å². The molecule has 1 heterocycles. The molecule has 0 saturated carbocycles. The maximum atomic E-state index is 12.5. The molecule has 4 rings (SSSR count). The normalized spacial score (nSPS) is 11.0. The lowest BCUT2D eigenvalue weighted by molar-refractivity contribution is 0.0929. The maximum absolute atomic E-state index is 12.5. The first kappa shape index (κ1) is 18.8. The molecule has 1 amide bonds. The Morgan fingerprint density at radius 3 is 2.90 bits per heavy atom. The van der Waals surface area contributed by atoms with Gasteiger partial charge in [-0.2, -0.15) is 5.10 Å². The predicted molar refractivity (Wildman–Crippen MR) is 117 cm³/mol. The Morgan fingerprint density at radius 2 is 2.03 bits per heavy atom. The number of ether oxygens (including phenoxy) is 1. The van der Waals surface area contributed by atoms with Crippen molar-refractivity contribution in [3.8, 4) is 18.1 Å². The van der Waals surface area contributed by atoms with E-state index in [0.29, 0.717) is 16.9 Å². The fourth-order valence-corrected chi connectivity index (χ4v) is 3.37. The minimum atomic E-state index is -0.442. The Bertz CT molecular complexity index is 1280. The van der Waals surface area contributed by atoms with Gasteiger partial charge in [0.15, 0.2) is 5.76 Å². The zero-order valence-electron chi connectivity index (χ0n) is 15.2. The number of amides is 1. The van der Waals surface area contributed by atoms with Crippen molar-refractivity contribution in [1.29, 1.82) is 0 Å². The first-order valence-electron chi connectivity index (χ1n) is 8.76. The Balaban J connectivity index is 1.55. The molecular formula is C23H15BrN2O3. The topological polar surface area (TPSA) is 63.8 Å². The zero-order chi connectivity index (χ0) is 20.2. The molecule has 0 atom stereocenters. The van der Waals surface area contributed by atoms with Crippen LogP contribution in [-0.2, 0) is 0 Å². The van der Waals surface area contributed by atoms with Crippen LogP contribution >= 0.6 is 15.9 Å². The molecule has 6 heteroatoms. The number of furan rings is 1. The van der Waals surface area contributed by atoms with Gasteiger partial charge in [-0.05, 0) is 41.1 Å². The fourth-order valence-electron chi connectivity index (χ4n) is 2.99. The summed E-state index contributed by atoms with van der Waals surface area (Å²) in [5, 5.41) is 7.02. The quantitative estimate of drug-likeness (QED) is 0.262. The molecule has 0 aliphatic heterocycles. The van der Waals surface area contributed by atoms with Crippen LogP contribution in [0, 0.1) is 12.3 Å².